The second kappa shape index (κ2) is 6.36. The molecule has 1 heterocycles. The Morgan fingerprint density at radius 1 is 1.20 bits per heavy atom. The zero-order valence-corrected chi connectivity index (χ0v) is 11.2. The molecule has 0 bridgehead atoms. The van der Waals surface area contributed by atoms with Crippen LogP contribution in [0.15, 0.2) is 41.3 Å². The van der Waals surface area contributed by atoms with Gasteiger partial charge < -0.3 is 19.5 Å². The number of aliphatic hydroxyl groups is 2. The van der Waals surface area contributed by atoms with Crippen molar-refractivity contribution in [3.8, 4) is 16.9 Å². The molecule has 20 heavy (non-hydrogen) atoms. The van der Waals surface area contributed by atoms with Gasteiger partial charge in [-0.05, 0) is 23.8 Å². The summed E-state index contributed by atoms with van der Waals surface area (Å²) in [7, 11) is 1.57. The van der Waals surface area contributed by atoms with Crippen molar-refractivity contribution in [1.82, 2.24) is 4.57 Å². The fourth-order valence-electron chi connectivity index (χ4n) is 2.05. The number of ether oxygens (including phenoxy) is 1. The highest BCUT2D eigenvalue weighted by atomic mass is 16.5. The zero-order chi connectivity index (χ0) is 14.5. The van der Waals surface area contributed by atoms with Gasteiger partial charge in [-0.3, -0.25) is 4.79 Å². The van der Waals surface area contributed by atoms with E-state index in [1.807, 2.05) is 6.07 Å². The van der Waals surface area contributed by atoms with Crippen LogP contribution < -0.4 is 10.3 Å². The van der Waals surface area contributed by atoms with Crippen molar-refractivity contribution in [2.75, 3.05) is 13.7 Å². The van der Waals surface area contributed by atoms with E-state index < -0.39 is 0 Å². The molecule has 5 nitrogen and oxygen atoms in total. The lowest BCUT2D eigenvalue weighted by atomic mass is 10.0. The van der Waals surface area contributed by atoms with E-state index in [9.17, 15) is 9.90 Å². The Kier molecular flexibility index (Phi) is 4.55. The number of methoxy groups -OCH3 is 1. The Balaban J connectivity index is 2.55. The topological polar surface area (TPSA) is 71.7 Å². The van der Waals surface area contributed by atoms with Crippen LogP contribution in [0, 0.1) is 0 Å². The number of rotatable bonds is 5. The average molecular weight is 275 g/mol. The first-order valence-corrected chi connectivity index (χ1v) is 6.29. The van der Waals surface area contributed by atoms with Crippen molar-refractivity contribution in [2.45, 2.75) is 13.2 Å². The summed E-state index contributed by atoms with van der Waals surface area (Å²) in [6, 6.07) is 8.54. The third-order valence-electron chi connectivity index (χ3n) is 3.08. The maximum atomic E-state index is 11.7. The third-order valence-corrected chi connectivity index (χ3v) is 3.08. The van der Waals surface area contributed by atoms with Gasteiger partial charge in [0, 0.05) is 29.9 Å². The molecule has 2 N–H and O–H groups in total. The van der Waals surface area contributed by atoms with E-state index in [4.69, 9.17) is 9.84 Å². The van der Waals surface area contributed by atoms with Gasteiger partial charge >= 0.3 is 0 Å². The summed E-state index contributed by atoms with van der Waals surface area (Å²) in [6.45, 7) is 0.0825. The largest absolute Gasteiger partial charge is 0.496 e. The van der Waals surface area contributed by atoms with Crippen LogP contribution in [0.1, 0.15) is 5.56 Å². The second-order valence-corrected chi connectivity index (χ2v) is 4.37. The maximum absolute atomic E-state index is 11.7. The first kappa shape index (κ1) is 14.3. The lowest BCUT2D eigenvalue weighted by Crippen LogP contribution is -2.20. The molecule has 1 aromatic heterocycles. The van der Waals surface area contributed by atoms with E-state index in [0.29, 0.717) is 5.75 Å². The van der Waals surface area contributed by atoms with Crippen LogP contribution >= 0.6 is 0 Å². The minimum atomic E-state index is -0.167. The number of hydrogen-bond donors (Lipinski definition) is 2. The van der Waals surface area contributed by atoms with Crippen LogP contribution in [0.2, 0.25) is 0 Å². The fourth-order valence-corrected chi connectivity index (χ4v) is 2.05. The Morgan fingerprint density at radius 3 is 2.65 bits per heavy atom. The number of benzene rings is 1. The monoisotopic (exact) mass is 275 g/mol. The van der Waals surface area contributed by atoms with Crippen LogP contribution in [-0.2, 0) is 13.2 Å². The minimum absolute atomic E-state index is 0.0622. The summed E-state index contributed by atoms with van der Waals surface area (Å²) in [5, 5.41) is 18.2. The van der Waals surface area contributed by atoms with Crippen molar-refractivity contribution < 1.29 is 14.9 Å². The SMILES string of the molecule is COc1ccc(CO)cc1-c1ccc(=O)n(CCO)c1. The Bertz CT molecular complexity index is 649. The Labute approximate surface area is 116 Å². The maximum Gasteiger partial charge on any atom is 0.250 e. The molecule has 5 heteroatoms. The van der Waals surface area contributed by atoms with Gasteiger partial charge in [-0.15, -0.1) is 0 Å². The summed E-state index contributed by atoms with van der Waals surface area (Å²) >= 11 is 0. The van der Waals surface area contributed by atoms with E-state index in [2.05, 4.69) is 0 Å². The van der Waals surface area contributed by atoms with Crippen LogP contribution in [0.3, 0.4) is 0 Å². The van der Waals surface area contributed by atoms with Crippen LogP contribution in [0.5, 0.6) is 5.75 Å². The predicted octanol–water partition coefficient (Wildman–Crippen LogP) is 1.01. The highest BCUT2D eigenvalue weighted by molar-refractivity contribution is 5.70. The number of nitrogens with zero attached hydrogens (tertiary/aromatic N) is 1. The van der Waals surface area contributed by atoms with Crippen molar-refractivity contribution in [2.24, 2.45) is 0 Å². The number of aromatic nitrogens is 1. The molecule has 0 amide bonds. The summed E-state index contributed by atoms with van der Waals surface area (Å²) in [5.74, 6) is 0.663. The summed E-state index contributed by atoms with van der Waals surface area (Å²) in [5.41, 5.74) is 2.19. The summed E-state index contributed by atoms with van der Waals surface area (Å²) in [6.07, 6.45) is 1.68. The van der Waals surface area contributed by atoms with E-state index >= 15 is 0 Å². The lowest BCUT2D eigenvalue weighted by molar-refractivity contribution is 0.274. The van der Waals surface area contributed by atoms with Gasteiger partial charge in [0.25, 0.3) is 5.56 Å². The second-order valence-electron chi connectivity index (χ2n) is 4.37. The zero-order valence-electron chi connectivity index (χ0n) is 11.2. The smallest absolute Gasteiger partial charge is 0.250 e. The van der Waals surface area contributed by atoms with Gasteiger partial charge in [-0.1, -0.05) is 6.07 Å². The average Bonchev–Trinajstić information content (AvgIpc) is 2.49. The summed E-state index contributed by atoms with van der Waals surface area (Å²) < 4.78 is 6.76. The number of hydrogen-bond acceptors (Lipinski definition) is 4. The van der Waals surface area contributed by atoms with E-state index in [-0.39, 0.29) is 25.3 Å². The molecule has 0 spiro atoms. The molecule has 0 saturated carbocycles. The molecular formula is C15H17NO4. The van der Waals surface area contributed by atoms with E-state index in [1.165, 1.54) is 10.6 Å². The molecule has 2 aromatic rings. The van der Waals surface area contributed by atoms with Gasteiger partial charge in [0.05, 0.1) is 20.3 Å². The molecule has 0 saturated heterocycles. The first-order valence-electron chi connectivity index (χ1n) is 6.29. The molecule has 106 valence electrons. The highest BCUT2D eigenvalue weighted by Gasteiger charge is 2.08. The van der Waals surface area contributed by atoms with Gasteiger partial charge in [-0.2, -0.15) is 0 Å². The van der Waals surface area contributed by atoms with E-state index in [0.717, 1.165) is 16.7 Å². The number of pyridine rings is 1. The van der Waals surface area contributed by atoms with E-state index in [1.54, 1.807) is 31.5 Å². The molecule has 0 aliphatic heterocycles. The normalized spacial score (nSPS) is 10.6. The lowest BCUT2D eigenvalue weighted by Gasteiger charge is -2.12. The molecule has 0 fully saturated rings. The number of aliphatic hydroxyl groups excluding tert-OH is 2. The standard InChI is InChI=1S/C15H17NO4/c1-20-14-4-2-11(10-18)8-13(14)12-3-5-15(19)16(9-12)6-7-17/h2-5,8-9,17-18H,6-7,10H2,1H3. The Hall–Kier alpha value is -2.11. The molecular weight excluding hydrogens is 258 g/mol. The highest BCUT2D eigenvalue weighted by Crippen LogP contribution is 2.30. The first-order chi connectivity index (χ1) is 9.69. The molecule has 1 aromatic carbocycles. The molecule has 2 rings (SSSR count). The van der Waals surface area contributed by atoms with Gasteiger partial charge in [0.15, 0.2) is 0 Å². The third kappa shape index (κ3) is 2.89. The quantitative estimate of drug-likeness (QED) is 0.854. The molecule has 0 aliphatic carbocycles. The van der Waals surface area contributed by atoms with Crippen molar-refractivity contribution >= 4 is 0 Å². The van der Waals surface area contributed by atoms with Crippen molar-refractivity contribution in [1.29, 1.82) is 0 Å². The van der Waals surface area contributed by atoms with Gasteiger partial charge in [-0.25, -0.2) is 0 Å². The van der Waals surface area contributed by atoms with Crippen LogP contribution in [0.25, 0.3) is 11.1 Å². The molecule has 0 aliphatic rings. The van der Waals surface area contributed by atoms with Crippen LogP contribution in [-0.4, -0.2) is 28.5 Å². The molecule has 0 radical (unpaired) electrons. The Morgan fingerprint density at radius 2 is 2.00 bits per heavy atom. The minimum Gasteiger partial charge on any atom is -0.496 e. The van der Waals surface area contributed by atoms with Gasteiger partial charge in [0.1, 0.15) is 5.75 Å². The predicted molar refractivity (Wildman–Crippen MR) is 75.7 cm³/mol. The van der Waals surface area contributed by atoms with Gasteiger partial charge in [0.2, 0.25) is 0 Å². The molecule has 0 unspecified atom stereocenters. The van der Waals surface area contributed by atoms with Crippen molar-refractivity contribution in [3.63, 3.8) is 0 Å². The van der Waals surface area contributed by atoms with Crippen LogP contribution in [0.4, 0.5) is 0 Å². The fraction of sp³-hybridized carbons (Fsp3) is 0.267. The van der Waals surface area contributed by atoms with Crippen molar-refractivity contribution in [3.05, 3.63) is 52.4 Å². The molecule has 0 atom stereocenters. The summed E-state index contributed by atoms with van der Waals surface area (Å²) in [4.78, 5) is 11.7.